The molecular formula is C10H23NO. The van der Waals surface area contributed by atoms with Crippen molar-refractivity contribution in [2.24, 2.45) is 0 Å². The number of hydrogen-bond donors (Lipinski definition) is 1. The van der Waals surface area contributed by atoms with Gasteiger partial charge in [-0.2, -0.15) is 0 Å². The van der Waals surface area contributed by atoms with Crippen LogP contribution >= 0.6 is 0 Å². The number of hydrogen-bond acceptors (Lipinski definition) is 2. The Morgan fingerprint density at radius 1 is 1.33 bits per heavy atom. The van der Waals surface area contributed by atoms with Gasteiger partial charge in [0.05, 0.1) is 6.61 Å². The van der Waals surface area contributed by atoms with E-state index in [1.165, 1.54) is 0 Å². The van der Waals surface area contributed by atoms with Crippen molar-refractivity contribution in [2.75, 3.05) is 13.7 Å². The Kier molecular flexibility index (Phi) is 5.51. The van der Waals surface area contributed by atoms with Gasteiger partial charge in [-0.15, -0.1) is 0 Å². The van der Waals surface area contributed by atoms with E-state index in [9.17, 15) is 0 Å². The highest BCUT2D eigenvalue weighted by molar-refractivity contribution is 4.82. The summed E-state index contributed by atoms with van der Waals surface area (Å²) in [6.45, 7) is 9.65. The second-order valence-electron chi connectivity index (χ2n) is 3.77. The molecular weight excluding hydrogens is 150 g/mol. The predicted octanol–water partition coefficient (Wildman–Crippen LogP) is 2.19. The van der Waals surface area contributed by atoms with Crippen molar-refractivity contribution in [3.05, 3.63) is 0 Å². The normalized spacial score (nSPS) is 14.8. The third kappa shape index (κ3) is 4.07. The lowest BCUT2D eigenvalue weighted by Crippen LogP contribution is -2.47. The van der Waals surface area contributed by atoms with Crippen LogP contribution in [0.25, 0.3) is 0 Å². The second kappa shape index (κ2) is 5.55. The molecule has 0 aliphatic rings. The zero-order valence-corrected chi connectivity index (χ0v) is 9.11. The third-order valence-corrected chi connectivity index (χ3v) is 2.57. The van der Waals surface area contributed by atoms with Gasteiger partial charge in [0.25, 0.3) is 0 Å². The molecule has 0 saturated heterocycles. The molecule has 0 fully saturated rings. The summed E-state index contributed by atoms with van der Waals surface area (Å²) in [5.74, 6) is 0. The summed E-state index contributed by atoms with van der Waals surface area (Å²) in [6, 6.07) is 0.444. The number of rotatable bonds is 6. The fourth-order valence-corrected chi connectivity index (χ4v) is 1.34. The van der Waals surface area contributed by atoms with Gasteiger partial charge in [-0.05, 0) is 26.7 Å². The lowest BCUT2D eigenvalue weighted by Gasteiger charge is -2.31. The van der Waals surface area contributed by atoms with Crippen molar-refractivity contribution < 1.29 is 4.74 Å². The zero-order valence-electron chi connectivity index (χ0n) is 9.11. The van der Waals surface area contributed by atoms with Gasteiger partial charge in [0.15, 0.2) is 0 Å². The molecule has 0 radical (unpaired) electrons. The van der Waals surface area contributed by atoms with Crippen molar-refractivity contribution in [1.29, 1.82) is 0 Å². The molecule has 2 heteroatoms. The topological polar surface area (TPSA) is 21.3 Å². The molecule has 0 amide bonds. The van der Waals surface area contributed by atoms with Gasteiger partial charge in [0.2, 0.25) is 0 Å². The summed E-state index contributed by atoms with van der Waals surface area (Å²) in [6.07, 6.45) is 2.33. The standard InChI is InChI=1S/C10H23NO/c1-6-10(4,7-2)11-9(3)8-12-5/h9,11H,6-8H2,1-5H3. The molecule has 12 heavy (non-hydrogen) atoms. The van der Waals surface area contributed by atoms with E-state index in [1.54, 1.807) is 7.11 Å². The first-order chi connectivity index (χ1) is 5.58. The molecule has 0 aliphatic carbocycles. The van der Waals surface area contributed by atoms with E-state index in [2.05, 4.69) is 33.0 Å². The molecule has 0 aliphatic heterocycles. The van der Waals surface area contributed by atoms with Crippen LogP contribution in [-0.2, 0) is 4.74 Å². The number of ether oxygens (including phenoxy) is 1. The highest BCUT2D eigenvalue weighted by atomic mass is 16.5. The van der Waals surface area contributed by atoms with E-state index in [0.29, 0.717) is 6.04 Å². The second-order valence-corrected chi connectivity index (χ2v) is 3.77. The Labute approximate surface area is 76.7 Å². The van der Waals surface area contributed by atoms with Crippen molar-refractivity contribution in [3.8, 4) is 0 Å². The van der Waals surface area contributed by atoms with Crippen LogP contribution in [0.1, 0.15) is 40.5 Å². The van der Waals surface area contributed by atoms with E-state index >= 15 is 0 Å². The number of nitrogens with one attached hydrogen (secondary N) is 1. The zero-order chi connectivity index (χ0) is 9.61. The Morgan fingerprint density at radius 2 is 1.83 bits per heavy atom. The summed E-state index contributed by atoms with van der Waals surface area (Å²) in [5, 5.41) is 3.57. The van der Waals surface area contributed by atoms with Crippen molar-refractivity contribution in [1.82, 2.24) is 5.32 Å². The Morgan fingerprint density at radius 3 is 2.17 bits per heavy atom. The maximum atomic E-state index is 5.08. The summed E-state index contributed by atoms with van der Waals surface area (Å²) >= 11 is 0. The molecule has 0 rings (SSSR count). The van der Waals surface area contributed by atoms with Crippen molar-refractivity contribution in [2.45, 2.75) is 52.1 Å². The van der Waals surface area contributed by atoms with Crippen LogP contribution in [0.15, 0.2) is 0 Å². The summed E-state index contributed by atoms with van der Waals surface area (Å²) < 4.78 is 5.08. The van der Waals surface area contributed by atoms with Crippen LogP contribution < -0.4 is 5.32 Å². The van der Waals surface area contributed by atoms with Gasteiger partial charge in [0, 0.05) is 18.7 Å². The lowest BCUT2D eigenvalue weighted by molar-refractivity contribution is 0.151. The molecule has 1 atom stereocenters. The molecule has 1 unspecified atom stereocenters. The van der Waals surface area contributed by atoms with Gasteiger partial charge in [-0.3, -0.25) is 0 Å². The summed E-state index contributed by atoms with van der Waals surface area (Å²) in [7, 11) is 1.74. The molecule has 0 aromatic heterocycles. The lowest BCUT2D eigenvalue weighted by atomic mass is 9.94. The van der Waals surface area contributed by atoms with E-state index in [0.717, 1.165) is 19.4 Å². The SMILES string of the molecule is CCC(C)(CC)NC(C)COC. The van der Waals surface area contributed by atoms with Crippen LogP contribution in [0.3, 0.4) is 0 Å². The van der Waals surface area contributed by atoms with E-state index in [-0.39, 0.29) is 5.54 Å². The molecule has 0 aromatic carbocycles. The fraction of sp³-hybridized carbons (Fsp3) is 1.00. The molecule has 1 N–H and O–H groups in total. The third-order valence-electron chi connectivity index (χ3n) is 2.57. The molecule has 0 saturated carbocycles. The summed E-state index contributed by atoms with van der Waals surface area (Å²) in [4.78, 5) is 0. The van der Waals surface area contributed by atoms with Crippen molar-refractivity contribution >= 4 is 0 Å². The van der Waals surface area contributed by atoms with Gasteiger partial charge in [0.1, 0.15) is 0 Å². The Bertz CT molecular complexity index is 110. The minimum atomic E-state index is 0.276. The van der Waals surface area contributed by atoms with Crippen LogP contribution in [-0.4, -0.2) is 25.3 Å². The van der Waals surface area contributed by atoms with Crippen LogP contribution in [0.5, 0.6) is 0 Å². The monoisotopic (exact) mass is 173 g/mol. The van der Waals surface area contributed by atoms with Gasteiger partial charge in [-0.25, -0.2) is 0 Å². The first-order valence-electron chi connectivity index (χ1n) is 4.84. The van der Waals surface area contributed by atoms with E-state index in [1.807, 2.05) is 0 Å². The average molecular weight is 173 g/mol. The first kappa shape index (κ1) is 11.9. The molecule has 0 bridgehead atoms. The van der Waals surface area contributed by atoms with Gasteiger partial charge >= 0.3 is 0 Å². The molecule has 74 valence electrons. The van der Waals surface area contributed by atoms with Gasteiger partial charge in [-0.1, -0.05) is 13.8 Å². The molecule has 0 heterocycles. The van der Waals surface area contributed by atoms with Crippen LogP contribution in [0.2, 0.25) is 0 Å². The average Bonchev–Trinajstić information content (AvgIpc) is 2.05. The molecule has 0 spiro atoms. The largest absolute Gasteiger partial charge is 0.383 e. The van der Waals surface area contributed by atoms with Crippen molar-refractivity contribution in [3.63, 3.8) is 0 Å². The summed E-state index contributed by atoms with van der Waals surface area (Å²) in [5.41, 5.74) is 0.276. The Balaban J connectivity index is 3.84. The maximum absolute atomic E-state index is 5.08. The van der Waals surface area contributed by atoms with Crippen LogP contribution in [0.4, 0.5) is 0 Å². The highest BCUT2D eigenvalue weighted by Crippen LogP contribution is 2.14. The van der Waals surface area contributed by atoms with E-state index < -0.39 is 0 Å². The number of methoxy groups -OCH3 is 1. The predicted molar refractivity (Wildman–Crippen MR) is 53.5 cm³/mol. The minimum absolute atomic E-state index is 0.276. The smallest absolute Gasteiger partial charge is 0.0613 e. The van der Waals surface area contributed by atoms with E-state index in [4.69, 9.17) is 4.74 Å². The molecule has 0 aromatic rings. The molecule has 2 nitrogen and oxygen atoms in total. The van der Waals surface area contributed by atoms with Gasteiger partial charge < -0.3 is 10.1 Å². The maximum Gasteiger partial charge on any atom is 0.0613 e. The Hall–Kier alpha value is -0.0800. The highest BCUT2D eigenvalue weighted by Gasteiger charge is 2.20. The minimum Gasteiger partial charge on any atom is -0.383 e. The van der Waals surface area contributed by atoms with Crippen LogP contribution in [0, 0.1) is 0 Å². The first-order valence-corrected chi connectivity index (χ1v) is 4.84. The quantitative estimate of drug-likeness (QED) is 0.665. The fourth-order valence-electron chi connectivity index (χ4n) is 1.34.